The molecule has 0 saturated carbocycles. The van der Waals surface area contributed by atoms with Crippen molar-refractivity contribution < 1.29 is 14.6 Å². The highest BCUT2D eigenvalue weighted by atomic mass is 127. The summed E-state index contributed by atoms with van der Waals surface area (Å²) >= 11 is 1.97. The third-order valence-electron chi connectivity index (χ3n) is 1.25. The molecule has 1 aromatic heterocycles. The van der Waals surface area contributed by atoms with Crippen molar-refractivity contribution in [2.24, 2.45) is 0 Å². The predicted molar refractivity (Wildman–Crippen MR) is 50.5 cm³/mol. The maximum Gasteiger partial charge on any atom is 0.337 e. The van der Waals surface area contributed by atoms with Gasteiger partial charge in [-0.3, -0.25) is 0 Å². The molecule has 0 amide bonds. The molecule has 1 aromatic rings. The van der Waals surface area contributed by atoms with Crippen LogP contribution in [0.5, 0.6) is 5.88 Å². The summed E-state index contributed by atoms with van der Waals surface area (Å²) < 4.78 is 5.56. The van der Waals surface area contributed by atoms with E-state index in [-0.39, 0.29) is 5.56 Å². The fourth-order valence-electron chi connectivity index (χ4n) is 0.693. The van der Waals surface area contributed by atoms with Gasteiger partial charge in [-0.15, -0.1) is 0 Å². The highest BCUT2D eigenvalue weighted by Crippen LogP contribution is 2.17. The summed E-state index contributed by atoms with van der Waals surface area (Å²) in [5.74, 6) is -0.538. The van der Waals surface area contributed by atoms with Gasteiger partial charge in [0.2, 0.25) is 5.88 Å². The Balaban J connectivity index is 3.10. The molecule has 4 nitrogen and oxygen atoms in total. The van der Waals surface area contributed by atoms with Crippen LogP contribution in [-0.4, -0.2) is 23.2 Å². The number of ether oxygens (including phenoxy) is 1. The van der Waals surface area contributed by atoms with Crippen LogP contribution in [0.1, 0.15) is 10.4 Å². The number of halogens is 1. The van der Waals surface area contributed by atoms with Crippen LogP contribution in [0.4, 0.5) is 0 Å². The Morgan fingerprint density at radius 2 is 2.42 bits per heavy atom. The molecular formula is C7H6INO3. The molecule has 5 heteroatoms. The highest BCUT2D eigenvalue weighted by molar-refractivity contribution is 14.1. The predicted octanol–water partition coefficient (Wildman–Crippen LogP) is 1.39. The molecule has 0 spiro atoms. The van der Waals surface area contributed by atoms with Crippen LogP contribution in [0.2, 0.25) is 0 Å². The minimum Gasteiger partial charge on any atom is -0.480 e. The van der Waals surface area contributed by atoms with Crippen LogP contribution in [0.15, 0.2) is 12.3 Å². The Kier molecular flexibility index (Phi) is 2.85. The minimum atomic E-state index is -0.983. The number of aromatic carboxylic acids is 1. The standard InChI is InChI=1S/C7H6INO3/c1-12-6-5(8)2-4(3-9-6)7(10)11/h2-3H,1H3,(H,10,11). The van der Waals surface area contributed by atoms with Crippen LogP contribution < -0.4 is 4.74 Å². The molecule has 0 bridgehead atoms. The molecule has 0 aliphatic rings. The topological polar surface area (TPSA) is 59.4 Å². The van der Waals surface area contributed by atoms with Crippen molar-refractivity contribution in [3.05, 3.63) is 21.4 Å². The number of carboxylic acid groups (broad SMARTS) is 1. The van der Waals surface area contributed by atoms with Crippen molar-refractivity contribution in [2.45, 2.75) is 0 Å². The Bertz CT molecular complexity index is 314. The monoisotopic (exact) mass is 279 g/mol. The van der Waals surface area contributed by atoms with Crippen molar-refractivity contribution in [3.8, 4) is 5.88 Å². The maximum atomic E-state index is 10.5. The van der Waals surface area contributed by atoms with Gasteiger partial charge in [-0.25, -0.2) is 9.78 Å². The summed E-state index contributed by atoms with van der Waals surface area (Å²) in [4.78, 5) is 14.3. The lowest BCUT2D eigenvalue weighted by molar-refractivity contribution is 0.0696. The van der Waals surface area contributed by atoms with Crippen molar-refractivity contribution >= 4 is 28.6 Å². The molecule has 1 N–H and O–H groups in total. The molecule has 0 aliphatic heterocycles. The van der Waals surface area contributed by atoms with E-state index in [2.05, 4.69) is 4.98 Å². The maximum absolute atomic E-state index is 10.5. The molecular weight excluding hydrogens is 273 g/mol. The van der Waals surface area contributed by atoms with Crippen molar-refractivity contribution in [3.63, 3.8) is 0 Å². The molecule has 0 saturated heterocycles. The summed E-state index contributed by atoms with van der Waals surface area (Å²) in [6.07, 6.45) is 1.27. The normalized spacial score (nSPS) is 9.50. The number of aromatic nitrogens is 1. The quantitative estimate of drug-likeness (QED) is 0.831. The lowest BCUT2D eigenvalue weighted by Gasteiger charge is -2.01. The summed E-state index contributed by atoms with van der Waals surface area (Å²) in [5, 5.41) is 8.59. The SMILES string of the molecule is COc1ncc(C(=O)O)cc1I. The number of carboxylic acids is 1. The Hall–Kier alpha value is -0.850. The number of pyridine rings is 1. The summed E-state index contributed by atoms with van der Waals surface area (Å²) in [7, 11) is 1.49. The number of nitrogens with zero attached hydrogens (tertiary/aromatic N) is 1. The molecule has 0 radical (unpaired) electrons. The zero-order valence-corrected chi connectivity index (χ0v) is 8.40. The fourth-order valence-corrected chi connectivity index (χ4v) is 1.39. The van der Waals surface area contributed by atoms with E-state index in [4.69, 9.17) is 9.84 Å². The third kappa shape index (κ3) is 1.84. The average molecular weight is 279 g/mol. The second-order valence-electron chi connectivity index (χ2n) is 2.02. The molecule has 1 rings (SSSR count). The second-order valence-corrected chi connectivity index (χ2v) is 3.18. The van der Waals surface area contributed by atoms with E-state index < -0.39 is 5.97 Å². The lowest BCUT2D eigenvalue weighted by Crippen LogP contribution is -1.99. The van der Waals surface area contributed by atoms with Gasteiger partial charge in [-0.2, -0.15) is 0 Å². The number of hydrogen-bond acceptors (Lipinski definition) is 3. The van der Waals surface area contributed by atoms with Crippen molar-refractivity contribution in [1.29, 1.82) is 0 Å². The molecule has 0 aliphatic carbocycles. The first-order valence-electron chi connectivity index (χ1n) is 3.08. The number of hydrogen-bond donors (Lipinski definition) is 1. The van der Waals surface area contributed by atoms with E-state index in [0.717, 1.165) is 0 Å². The number of methoxy groups -OCH3 is 1. The first kappa shape index (κ1) is 9.24. The van der Waals surface area contributed by atoms with E-state index in [1.54, 1.807) is 0 Å². The first-order chi connectivity index (χ1) is 5.65. The molecule has 64 valence electrons. The van der Waals surface area contributed by atoms with Crippen molar-refractivity contribution in [1.82, 2.24) is 4.98 Å². The van der Waals surface area contributed by atoms with Gasteiger partial charge >= 0.3 is 5.97 Å². The van der Waals surface area contributed by atoms with Crippen LogP contribution in [0, 0.1) is 3.57 Å². The highest BCUT2D eigenvalue weighted by Gasteiger charge is 2.07. The van der Waals surface area contributed by atoms with Gasteiger partial charge in [0, 0.05) is 6.20 Å². The van der Waals surface area contributed by atoms with E-state index in [0.29, 0.717) is 9.45 Å². The summed E-state index contributed by atoms with van der Waals surface area (Å²) in [6, 6.07) is 1.51. The molecule has 0 aromatic carbocycles. The van der Waals surface area contributed by atoms with Gasteiger partial charge in [0.25, 0.3) is 0 Å². The molecule has 0 atom stereocenters. The van der Waals surface area contributed by atoms with Gasteiger partial charge in [0.15, 0.2) is 0 Å². The van der Waals surface area contributed by atoms with E-state index >= 15 is 0 Å². The van der Waals surface area contributed by atoms with Gasteiger partial charge < -0.3 is 9.84 Å². The number of carbonyl (C=O) groups is 1. The Morgan fingerprint density at radius 3 is 2.83 bits per heavy atom. The van der Waals surface area contributed by atoms with Gasteiger partial charge in [0.1, 0.15) is 0 Å². The first-order valence-corrected chi connectivity index (χ1v) is 4.16. The van der Waals surface area contributed by atoms with Gasteiger partial charge in [0.05, 0.1) is 16.2 Å². The van der Waals surface area contributed by atoms with Crippen LogP contribution in [-0.2, 0) is 0 Å². The van der Waals surface area contributed by atoms with E-state index in [1.807, 2.05) is 22.6 Å². The molecule has 0 fully saturated rings. The largest absolute Gasteiger partial charge is 0.480 e. The minimum absolute atomic E-state index is 0.167. The third-order valence-corrected chi connectivity index (χ3v) is 2.02. The van der Waals surface area contributed by atoms with Crippen molar-refractivity contribution in [2.75, 3.05) is 7.11 Å². The van der Waals surface area contributed by atoms with Gasteiger partial charge in [-0.05, 0) is 28.7 Å². The van der Waals surface area contributed by atoms with Gasteiger partial charge in [-0.1, -0.05) is 0 Å². The smallest absolute Gasteiger partial charge is 0.337 e. The molecule has 1 heterocycles. The molecule has 12 heavy (non-hydrogen) atoms. The molecule has 0 unspecified atom stereocenters. The summed E-state index contributed by atoms with van der Waals surface area (Å²) in [6.45, 7) is 0. The van der Waals surface area contributed by atoms with Crippen LogP contribution in [0.3, 0.4) is 0 Å². The fraction of sp³-hybridized carbons (Fsp3) is 0.143. The van der Waals surface area contributed by atoms with E-state index in [1.165, 1.54) is 19.4 Å². The van der Waals surface area contributed by atoms with Crippen LogP contribution in [0.25, 0.3) is 0 Å². The Morgan fingerprint density at radius 1 is 1.75 bits per heavy atom. The second kappa shape index (κ2) is 3.70. The Labute approximate surface area is 82.7 Å². The van der Waals surface area contributed by atoms with E-state index in [9.17, 15) is 4.79 Å². The van der Waals surface area contributed by atoms with Crippen LogP contribution >= 0.6 is 22.6 Å². The zero-order valence-electron chi connectivity index (χ0n) is 6.24. The summed E-state index contributed by atoms with van der Waals surface area (Å²) in [5.41, 5.74) is 0.167. The number of rotatable bonds is 2. The zero-order chi connectivity index (χ0) is 9.14. The average Bonchev–Trinajstić information content (AvgIpc) is 2.04. The lowest BCUT2D eigenvalue weighted by atomic mass is 10.3.